The number of nitrogens with one attached hydrogen (secondary N) is 1. The van der Waals surface area contributed by atoms with E-state index in [0.29, 0.717) is 18.1 Å². The van der Waals surface area contributed by atoms with Crippen LogP contribution >= 0.6 is 0 Å². The number of benzene rings is 1. The number of aromatic amines is 1. The molecule has 0 spiro atoms. The summed E-state index contributed by atoms with van der Waals surface area (Å²) in [4.78, 5) is 12.1. The predicted octanol–water partition coefficient (Wildman–Crippen LogP) is 2.45. The number of nitrogens with two attached hydrogens (primary N) is 1. The number of carbonyl (C=O) groups is 1. The Morgan fingerprint density at radius 2 is 2.25 bits per heavy atom. The molecule has 2 aromatic heterocycles. The van der Waals surface area contributed by atoms with Crippen molar-refractivity contribution in [1.29, 1.82) is 5.26 Å². The number of fused-ring (bicyclic) bond motifs is 2. The van der Waals surface area contributed by atoms with Gasteiger partial charge in [0, 0.05) is 28.4 Å². The van der Waals surface area contributed by atoms with E-state index in [1.807, 2.05) is 42.0 Å². The topological polar surface area (TPSA) is 119 Å². The normalized spacial score (nSPS) is 15.8. The number of H-pyrrole nitrogens is 1. The van der Waals surface area contributed by atoms with Crippen molar-refractivity contribution in [3.63, 3.8) is 0 Å². The van der Waals surface area contributed by atoms with E-state index in [1.54, 1.807) is 6.92 Å². The van der Waals surface area contributed by atoms with E-state index >= 15 is 0 Å². The number of ether oxygens (including phenoxy) is 2. The van der Waals surface area contributed by atoms with Crippen LogP contribution in [-0.2, 0) is 16.1 Å². The maximum absolute atomic E-state index is 12.1. The van der Waals surface area contributed by atoms with Crippen molar-refractivity contribution in [2.75, 3.05) is 6.61 Å². The van der Waals surface area contributed by atoms with E-state index < -0.39 is 5.92 Å². The second kappa shape index (κ2) is 6.78. The van der Waals surface area contributed by atoms with Crippen LogP contribution in [0.2, 0.25) is 0 Å². The summed E-state index contributed by atoms with van der Waals surface area (Å²) in [5.41, 5.74) is 9.62. The minimum atomic E-state index is -0.444. The van der Waals surface area contributed by atoms with Crippen LogP contribution in [0.3, 0.4) is 0 Å². The Morgan fingerprint density at radius 1 is 1.46 bits per heavy atom. The number of aromatic nitrogens is 3. The molecule has 1 atom stereocenters. The molecule has 0 radical (unpaired) electrons. The molecule has 0 bridgehead atoms. The molecule has 1 aliphatic heterocycles. The Morgan fingerprint density at radius 3 is 3.00 bits per heavy atom. The quantitative estimate of drug-likeness (QED) is 0.674. The Hall–Kier alpha value is -3.73. The summed E-state index contributed by atoms with van der Waals surface area (Å²) in [5.74, 6) is -0.367. The standard InChI is InChI=1S/C20H19N5O3/c1-3-27-16(26)10-25-9-14(12-6-4-5-7-15(12)25)18-13(8-21)19(22)28-20-17(18)11(2)23-24-20/h4-7,9,18H,3,10,22H2,1-2H3,(H,23,24)/t18-/m1/s1. The molecule has 28 heavy (non-hydrogen) atoms. The van der Waals surface area contributed by atoms with Crippen molar-refractivity contribution in [3.8, 4) is 11.9 Å². The summed E-state index contributed by atoms with van der Waals surface area (Å²) in [6, 6.07) is 9.90. The number of esters is 1. The smallest absolute Gasteiger partial charge is 0.325 e. The minimum absolute atomic E-state index is 0.0359. The van der Waals surface area contributed by atoms with Crippen LogP contribution in [0.25, 0.3) is 10.9 Å². The molecule has 8 nitrogen and oxygen atoms in total. The van der Waals surface area contributed by atoms with Crippen LogP contribution in [0, 0.1) is 18.3 Å². The fraction of sp³-hybridized carbons (Fsp3) is 0.250. The Balaban J connectivity index is 1.93. The first kappa shape index (κ1) is 17.7. The zero-order chi connectivity index (χ0) is 19.8. The number of hydrogen-bond donors (Lipinski definition) is 2. The molecule has 1 aromatic carbocycles. The average molecular weight is 377 g/mol. The van der Waals surface area contributed by atoms with Gasteiger partial charge in [-0.2, -0.15) is 5.26 Å². The molecule has 142 valence electrons. The molecule has 4 rings (SSSR count). The number of allylic oxidation sites excluding steroid dienone is 1. The van der Waals surface area contributed by atoms with Crippen LogP contribution in [0.5, 0.6) is 5.88 Å². The highest BCUT2D eigenvalue weighted by Gasteiger charge is 2.36. The molecule has 3 aromatic rings. The lowest BCUT2D eigenvalue weighted by atomic mass is 9.84. The second-order valence-corrected chi connectivity index (χ2v) is 6.53. The van der Waals surface area contributed by atoms with Gasteiger partial charge in [-0.05, 0) is 25.5 Å². The van der Waals surface area contributed by atoms with Gasteiger partial charge in [-0.15, -0.1) is 5.10 Å². The van der Waals surface area contributed by atoms with Crippen molar-refractivity contribution < 1.29 is 14.3 Å². The Labute approximate surface area is 161 Å². The predicted molar refractivity (Wildman–Crippen MR) is 101 cm³/mol. The fourth-order valence-electron chi connectivity index (χ4n) is 3.69. The molecule has 0 aliphatic carbocycles. The molecule has 1 aliphatic rings. The maximum atomic E-state index is 12.1. The van der Waals surface area contributed by atoms with Crippen LogP contribution in [-0.4, -0.2) is 27.3 Å². The number of carbonyl (C=O) groups excluding carboxylic acids is 1. The molecule has 0 unspecified atom stereocenters. The molecule has 0 saturated carbocycles. The third kappa shape index (κ3) is 2.68. The maximum Gasteiger partial charge on any atom is 0.325 e. The van der Waals surface area contributed by atoms with Crippen LogP contribution < -0.4 is 10.5 Å². The van der Waals surface area contributed by atoms with Crippen molar-refractivity contribution >= 4 is 16.9 Å². The number of aryl methyl sites for hydroxylation is 1. The van der Waals surface area contributed by atoms with Crippen molar-refractivity contribution in [1.82, 2.24) is 14.8 Å². The van der Waals surface area contributed by atoms with Crippen LogP contribution in [0.1, 0.15) is 29.7 Å². The van der Waals surface area contributed by atoms with E-state index in [-0.39, 0.29) is 18.4 Å². The first-order valence-electron chi connectivity index (χ1n) is 8.91. The van der Waals surface area contributed by atoms with E-state index in [0.717, 1.165) is 27.7 Å². The number of para-hydroxylation sites is 1. The molecule has 3 N–H and O–H groups in total. The third-order valence-electron chi connectivity index (χ3n) is 4.86. The Kier molecular flexibility index (Phi) is 4.28. The first-order valence-corrected chi connectivity index (χ1v) is 8.91. The highest BCUT2D eigenvalue weighted by Crippen LogP contribution is 2.45. The molecule has 0 fully saturated rings. The number of rotatable bonds is 4. The molecular weight excluding hydrogens is 358 g/mol. The van der Waals surface area contributed by atoms with Crippen molar-refractivity contribution in [2.45, 2.75) is 26.3 Å². The lowest BCUT2D eigenvalue weighted by Crippen LogP contribution is -2.21. The number of hydrogen-bond acceptors (Lipinski definition) is 6. The summed E-state index contributed by atoms with van der Waals surface area (Å²) < 4.78 is 12.5. The highest BCUT2D eigenvalue weighted by atomic mass is 16.5. The number of nitrogens with zero attached hydrogens (tertiary/aromatic N) is 3. The first-order chi connectivity index (χ1) is 13.5. The third-order valence-corrected chi connectivity index (χ3v) is 4.86. The SMILES string of the molecule is CCOC(=O)Cn1cc([C@H]2C(C#N)=C(N)Oc3n[nH]c(C)c32)c2ccccc21. The Bertz CT molecular complexity index is 1150. The van der Waals surface area contributed by atoms with Gasteiger partial charge in [-0.25, -0.2) is 0 Å². The molecule has 0 saturated heterocycles. The largest absolute Gasteiger partial charge is 0.465 e. The van der Waals surface area contributed by atoms with Gasteiger partial charge in [0.25, 0.3) is 0 Å². The van der Waals surface area contributed by atoms with E-state index in [1.165, 1.54) is 0 Å². The summed E-state index contributed by atoms with van der Waals surface area (Å²) in [6.45, 7) is 4.04. The lowest BCUT2D eigenvalue weighted by Gasteiger charge is -2.23. The van der Waals surface area contributed by atoms with Gasteiger partial charge < -0.3 is 19.8 Å². The van der Waals surface area contributed by atoms with Gasteiger partial charge in [0.15, 0.2) is 0 Å². The second-order valence-electron chi connectivity index (χ2n) is 6.53. The van der Waals surface area contributed by atoms with Crippen LogP contribution in [0.15, 0.2) is 41.9 Å². The summed E-state index contributed by atoms with van der Waals surface area (Å²) in [6.07, 6.45) is 1.87. The monoisotopic (exact) mass is 377 g/mol. The number of nitriles is 1. The summed E-state index contributed by atoms with van der Waals surface area (Å²) >= 11 is 0. The van der Waals surface area contributed by atoms with Gasteiger partial charge >= 0.3 is 5.97 Å². The zero-order valence-corrected chi connectivity index (χ0v) is 15.5. The minimum Gasteiger partial charge on any atom is -0.465 e. The average Bonchev–Trinajstić information content (AvgIpc) is 3.22. The van der Waals surface area contributed by atoms with E-state index in [2.05, 4.69) is 16.3 Å². The van der Waals surface area contributed by atoms with E-state index in [4.69, 9.17) is 15.2 Å². The fourth-order valence-corrected chi connectivity index (χ4v) is 3.69. The summed E-state index contributed by atoms with van der Waals surface area (Å²) in [5, 5.41) is 17.7. The van der Waals surface area contributed by atoms with Gasteiger partial charge in [0.1, 0.15) is 18.2 Å². The van der Waals surface area contributed by atoms with Gasteiger partial charge in [-0.1, -0.05) is 18.2 Å². The van der Waals surface area contributed by atoms with Gasteiger partial charge in [0.2, 0.25) is 11.8 Å². The van der Waals surface area contributed by atoms with Crippen LogP contribution in [0.4, 0.5) is 0 Å². The van der Waals surface area contributed by atoms with Gasteiger partial charge in [0.05, 0.1) is 12.5 Å². The highest BCUT2D eigenvalue weighted by molar-refractivity contribution is 5.87. The molecule has 3 heterocycles. The van der Waals surface area contributed by atoms with E-state index in [9.17, 15) is 10.1 Å². The molecular formula is C20H19N5O3. The molecule has 0 amide bonds. The molecule has 8 heteroatoms. The van der Waals surface area contributed by atoms with Crippen molar-refractivity contribution in [2.24, 2.45) is 5.73 Å². The van der Waals surface area contributed by atoms with Crippen molar-refractivity contribution in [3.05, 3.63) is 58.7 Å². The van der Waals surface area contributed by atoms with Gasteiger partial charge in [-0.3, -0.25) is 9.89 Å². The lowest BCUT2D eigenvalue weighted by molar-refractivity contribution is -0.143. The zero-order valence-electron chi connectivity index (χ0n) is 15.5. The summed E-state index contributed by atoms with van der Waals surface area (Å²) in [7, 11) is 0.